The van der Waals surface area contributed by atoms with Crippen molar-refractivity contribution in [3.8, 4) is 0 Å². The van der Waals surface area contributed by atoms with Crippen LogP contribution >= 0.6 is 0 Å². The van der Waals surface area contributed by atoms with Crippen LogP contribution in [0.25, 0.3) is 0 Å². The van der Waals surface area contributed by atoms with E-state index in [1.165, 1.54) is 25.7 Å². The monoisotopic (exact) mass is 250 g/mol. The molecule has 0 radical (unpaired) electrons. The van der Waals surface area contributed by atoms with Crippen molar-refractivity contribution in [3.63, 3.8) is 0 Å². The Morgan fingerprint density at radius 1 is 1.33 bits per heavy atom. The molecule has 2 fully saturated rings. The van der Waals surface area contributed by atoms with Gasteiger partial charge in [0.05, 0.1) is 12.7 Å². The summed E-state index contributed by atoms with van der Waals surface area (Å²) in [6, 6.07) is 0.617. The predicted octanol–water partition coefficient (Wildman–Crippen LogP) is 1.23. The molecule has 1 aromatic rings. The summed E-state index contributed by atoms with van der Waals surface area (Å²) in [6.07, 6.45) is 6.35. The number of ether oxygens (including phenoxy) is 1. The smallest absolute Gasteiger partial charge is 0.135 e. The van der Waals surface area contributed by atoms with E-state index in [2.05, 4.69) is 27.0 Å². The van der Waals surface area contributed by atoms with Crippen LogP contribution in [0.15, 0.2) is 0 Å². The van der Waals surface area contributed by atoms with Gasteiger partial charge in [0.1, 0.15) is 11.6 Å². The summed E-state index contributed by atoms with van der Waals surface area (Å²) in [7, 11) is 0. The zero-order valence-corrected chi connectivity index (χ0v) is 11.1. The summed E-state index contributed by atoms with van der Waals surface area (Å²) in [5.41, 5.74) is 0. The third-order valence-corrected chi connectivity index (χ3v) is 4.04. The van der Waals surface area contributed by atoms with Gasteiger partial charge in [-0.1, -0.05) is 12.8 Å². The van der Waals surface area contributed by atoms with Crippen LogP contribution in [0, 0.1) is 6.92 Å². The van der Waals surface area contributed by atoms with Gasteiger partial charge in [-0.3, -0.25) is 0 Å². The largest absolute Gasteiger partial charge is 0.375 e. The SMILES string of the molecule is Cc1nnc(CC2CNCCO2)n1C1CCCC1. The van der Waals surface area contributed by atoms with Crippen LogP contribution in [0.3, 0.4) is 0 Å². The number of nitrogens with zero attached hydrogens (tertiary/aromatic N) is 3. The maximum Gasteiger partial charge on any atom is 0.135 e. The Morgan fingerprint density at radius 3 is 2.89 bits per heavy atom. The Kier molecular flexibility index (Phi) is 3.61. The molecule has 1 unspecified atom stereocenters. The molecule has 1 atom stereocenters. The molecule has 100 valence electrons. The van der Waals surface area contributed by atoms with Crippen LogP contribution in [0.2, 0.25) is 0 Å². The maximum absolute atomic E-state index is 5.77. The van der Waals surface area contributed by atoms with Crippen molar-refractivity contribution < 1.29 is 4.74 Å². The van der Waals surface area contributed by atoms with Gasteiger partial charge < -0.3 is 14.6 Å². The zero-order chi connectivity index (χ0) is 12.4. The molecule has 5 nitrogen and oxygen atoms in total. The average molecular weight is 250 g/mol. The lowest BCUT2D eigenvalue weighted by molar-refractivity contribution is 0.0273. The predicted molar refractivity (Wildman–Crippen MR) is 68.6 cm³/mol. The molecule has 1 aromatic heterocycles. The summed E-state index contributed by atoms with van der Waals surface area (Å²) >= 11 is 0. The Morgan fingerprint density at radius 2 is 2.17 bits per heavy atom. The van der Waals surface area contributed by atoms with Crippen molar-refractivity contribution in [3.05, 3.63) is 11.6 Å². The van der Waals surface area contributed by atoms with Gasteiger partial charge in [0, 0.05) is 25.6 Å². The second-order valence-electron chi connectivity index (χ2n) is 5.37. The van der Waals surface area contributed by atoms with Crippen LogP contribution in [0.4, 0.5) is 0 Å². The van der Waals surface area contributed by atoms with E-state index in [0.29, 0.717) is 6.04 Å². The minimum absolute atomic E-state index is 0.252. The number of nitrogens with one attached hydrogen (secondary N) is 1. The quantitative estimate of drug-likeness (QED) is 0.876. The van der Waals surface area contributed by atoms with E-state index in [4.69, 9.17) is 4.74 Å². The highest BCUT2D eigenvalue weighted by Crippen LogP contribution is 2.31. The van der Waals surface area contributed by atoms with Crippen molar-refractivity contribution in [2.24, 2.45) is 0 Å². The molecule has 0 bridgehead atoms. The molecule has 0 amide bonds. The number of hydrogen-bond acceptors (Lipinski definition) is 4. The Bertz CT molecular complexity index is 392. The number of aryl methyl sites for hydroxylation is 1. The van der Waals surface area contributed by atoms with Crippen molar-refractivity contribution >= 4 is 0 Å². The molecule has 2 aliphatic rings. The molecule has 1 aliphatic heterocycles. The lowest BCUT2D eigenvalue weighted by atomic mass is 10.2. The number of aromatic nitrogens is 3. The van der Waals surface area contributed by atoms with Gasteiger partial charge in [-0.25, -0.2) is 0 Å². The third kappa shape index (κ3) is 2.42. The first-order chi connectivity index (χ1) is 8.84. The first-order valence-electron chi connectivity index (χ1n) is 7.07. The summed E-state index contributed by atoms with van der Waals surface area (Å²) in [5, 5.41) is 12.0. The highest BCUT2D eigenvalue weighted by Gasteiger charge is 2.24. The molecule has 2 heterocycles. The molecule has 1 saturated carbocycles. The summed E-state index contributed by atoms with van der Waals surface area (Å²) < 4.78 is 8.12. The Hall–Kier alpha value is -0.940. The van der Waals surface area contributed by atoms with Crippen LogP contribution in [-0.4, -0.2) is 40.6 Å². The van der Waals surface area contributed by atoms with Crippen LogP contribution in [-0.2, 0) is 11.2 Å². The van der Waals surface area contributed by atoms with Gasteiger partial charge in [-0.15, -0.1) is 10.2 Å². The van der Waals surface area contributed by atoms with Crippen LogP contribution < -0.4 is 5.32 Å². The highest BCUT2D eigenvalue weighted by molar-refractivity contribution is 5.00. The summed E-state index contributed by atoms with van der Waals surface area (Å²) in [6.45, 7) is 4.76. The normalized spacial score (nSPS) is 25.7. The zero-order valence-electron chi connectivity index (χ0n) is 11.1. The van der Waals surface area contributed by atoms with Crippen molar-refractivity contribution in [2.45, 2.75) is 51.2 Å². The Labute approximate surface area is 108 Å². The van der Waals surface area contributed by atoms with Gasteiger partial charge in [0.15, 0.2) is 0 Å². The van der Waals surface area contributed by atoms with Crippen LogP contribution in [0.5, 0.6) is 0 Å². The van der Waals surface area contributed by atoms with E-state index in [0.717, 1.165) is 37.8 Å². The fourth-order valence-corrected chi connectivity index (χ4v) is 3.14. The molecular formula is C13H22N4O. The molecular weight excluding hydrogens is 228 g/mol. The lowest BCUT2D eigenvalue weighted by Gasteiger charge is -2.24. The van der Waals surface area contributed by atoms with E-state index in [1.807, 2.05) is 0 Å². The molecule has 3 rings (SSSR count). The molecule has 1 saturated heterocycles. The molecule has 1 aliphatic carbocycles. The van der Waals surface area contributed by atoms with Crippen LogP contribution in [0.1, 0.15) is 43.4 Å². The number of rotatable bonds is 3. The molecule has 5 heteroatoms. The Balaban J connectivity index is 1.74. The average Bonchev–Trinajstić information content (AvgIpc) is 3.01. The maximum atomic E-state index is 5.77. The van der Waals surface area contributed by atoms with E-state index in [-0.39, 0.29) is 6.10 Å². The molecule has 0 spiro atoms. The fraction of sp³-hybridized carbons (Fsp3) is 0.846. The second-order valence-corrected chi connectivity index (χ2v) is 5.37. The van der Waals surface area contributed by atoms with E-state index in [9.17, 15) is 0 Å². The summed E-state index contributed by atoms with van der Waals surface area (Å²) in [4.78, 5) is 0. The molecule has 0 aromatic carbocycles. The van der Waals surface area contributed by atoms with Gasteiger partial charge in [0.2, 0.25) is 0 Å². The topological polar surface area (TPSA) is 52.0 Å². The first kappa shape index (κ1) is 12.1. The number of morpholine rings is 1. The third-order valence-electron chi connectivity index (χ3n) is 4.04. The van der Waals surface area contributed by atoms with E-state index < -0.39 is 0 Å². The lowest BCUT2D eigenvalue weighted by Crippen LogP contribution is -2.40. The minimum atomic E-state index is 0.252. The minimum Gasteiger partial charge on any atom is -0.375 e. The van der Waals surface area contributed by atoms with Crippen molar-refractivity contribution in [1.82, 2.24) is 20.1 Å². The molecule has 1 N–H and O–H groups in total. The first-order valence-corrected chi connectivity index (χ1v) is 7.07. The second kappa shape index (κ2) is 5.36. The number of hydrogen-bond donors (Lipinski definition) is 1. The van der Waals surface area contributed by atoms with Gasteiger partial charge in [-0.2, -0.15) is 0 Å². The van der Waals surface area contributed by atoms with Gasteiger partial charge in [-0.05, 0) is 19.8 Å². The van der Waals surface area contributed by atoms with Gasteiger partial charge in [0.25, 0.3) is 0 Å². The van der Waals surface area contributed by atoms with Crippen molar-refractivity contribution in [2.75, 3.05) is 19.7 Å². The summed E-state index contributed by atoms with van der Waals surface area (Å²) in [5.74, 6) is 2.16. The van der Waals surface area contributed by atoms with E-state index in [1.54, 1.807) is 0 Å². The van der Waals surface area contributed by atoms with Crippen molar-refractivity contribution in [1.29, 1.82) is 0 Å². The standard InChI is InChI=1S/C13H22N4O/c1-10-15-16-13(8-12-9-14-6-7-18-12)17(10)11-4-2-3-5-11/h11-12,14H,2-9H2,1H3. The fourth-order valence-electron chi connectivity index (χ4n) is 3.14. The van der Waals surface area contributed by atoms with E-state index >= 15 is 0 Å². The molecule has 18 heavy (non-hydrogen) atoms. The highest BCUT2D eigenvalue weighted by atomic mass is 16.5. The van der Waals surface area contributed by atoms with Gasteiger partial charge >= 0.3 is 0 Å².